The van der Waals surface area contributed by atoms with E-state index >= 15 is 0 Å². The Morgan fingerprint density at radius 2 is 2.07 bits per heavy atom. The van der Waals surface area contributed by atoms with Gasteiger partial charge in [-0.25, -0.2) is 19.3 Å². The van der Waals surface area contributed by atoms with Gasteiger partial charge in [0.05, 0.1) is 12.1 Å². The summed E-state index contributed by atoms with van der Waals surface area (Å²) in [5.41, 5.74) is 1.86. The quantitative estimate of drug-likeness (QED) is 0.588. The van der Waals surface area contributed by atoms with Crippen molar-refractivity contribution in [3.63, 3.8) is 0 Å². The lowest BCUT2D eigenvalue weighted by atomic mass is 10.0. The van der Waals surface area contributed by atoms with Crippen molar-refractivity contribution in [1.29, 1.82) is 0 Å². The summed E-state index contributed by atoms with van der Waals surface area (Å²) in [5, 5.41) is 0.676. The Labute approximate surface area is 155 Å². The normalized spacial score (nSPS) is 12.7. The average molecular weight is 365 g/mol. The van der Waals surface area contributed by atoms with Gasteiger partial charge in [-0.15, -0.1) is 0 Å². The van der Waals surface area contributed by atoms with Gasteiger partial charge in [0.2, 0.25) is 5.56 Å². The Morgan fingerprint density at radius 3 is 2.89 bits per heavy atom. The zero-order valence-corrected chi connectivity index (χ0v) is 15.2. The van der Waals surface area contributed by atoms with Crippen LogP contribution in [0.25, 0.3) is 22.2 Å². The first-order valence-electron chi connectivity index (χ1n) is 9.03. The highest BCUT2D eigenvalue weighted by atomic mass is 19.1. The second kappa shape index (κ2) is 6.90. The minimum absolute atomic E-state index is 0.221. The Bertz CT molecular complexity index is 1180. The van der Waals surface area contributed by atoms with E-state index in [1.54, 1.807) is 18.5 Å². The third-order valence-electron chi connectivity index (χ3n) is 4.93. The number of halogens is 1. The molecule has 1 N–H and O–H groups in total. The zero-order valence-electron chi connectivity index (χ0n) is 15.2. The van der Waals surface area contributed by atoms with Crippen molar-refractivity contribution in [2.24, 2.45) is 5.92 Å². The highest BCUT2D eigenvalue weighted by Crippen LogP contribution is 2.22. The van der Waals surface area contributed by atoms with Crippen LogP contribution in [0.4, 0.5) is 4.39 Å². The number of H-pyrrole nitrogens is 1. The number of aromatic amines is 1. The Morgan fingerprint density at radius 1 is 1.26 bits per heavy atom. The van der Waals surface area contributed by atoms with Gasteiger partial charge in [0.15, 0.2) is 11.3 Å². The standard InChI is InChI=1S/C20H20FN5O/c1-3-12(2)9-16-24-19-20(23-8-7-22-19)26(16)11-13-10-17(27)25-18-14(13)5-4-6-15(18)21/h4-8,10,12H,3,9,11H2,1-2H3,(H,25,27). The predicted octanol–water partition coefficient (Wildman–Crippen LogP) is 3.44. The smallest absolute Gasteiger partial charge is 0.248 e. The fourth-order valence-corrected chi connectivity index (χ4v) is 3.29. The number of para-hydroxylation sites is 1. The van der Waals surface area contributed by atoms with Crippen LogP contribution in [0, 0.1) is 11.7 Å². The van der Waals surface area contributed by atoms with Gasteiger partial charge in [-0.2, -0.15) is 0 Å². The van der Waals surface area contributed by atoms with E-state index in [0.29, 0.717) is 29.1 Å². The minimum atomic E-state index is -0.443. The van der Waals surface area contributed by atoms with Crippen molar-refractivity contribution < 1.29 is 4.39 Å². The molecule has 3 heterocycles. The third-order valence-corrected chi connectivity index (χ3v) is 4.93. The van der Waals surface area contributed by atoms with E-state index in [1.807, 2.05) is 10.6 Å². The molecule has 0 radical (unpaired) electrons. The highest BCUT2D eigenvalue weighted by molar-refractivity contribution is 5.82. The molecule has 0 saturated carbocycles. The summed E-state index contributed by atoms with van der Waals surface area (Å²) in [6.07, 6.45) is 5.06. The zero-order chi connectivity index (χ0) is 19.0. The van der Waals surface area contributed by atoms with Crippen molar-refractivity contribution in [3.8, 4) is 0 Å². The second-order valence-corrected chi connectivity index (χ2v) is 6.86. The second-order valence-electron chi connectivity index (χ2n) is 6.86. The third kappa shape index (κ3) is 3.20. The maximum Gasteiger partial charge on any atom is 0.248 e. The van der Waals surface area contributed by atoms with Crippen LogP contribution in [0.3, 0.4) is 0 Å². The van der Waals surface area contributed by atoms with Crippen LogP contribution in [0.1, 0.15) is 31.7 Å². The highest BCUT2D eigenvalue weighted by Gasteiger charge is 2.17. The number of fused-ring (bicyclic) bond motifs is 2. The first kappa shape index (κ1) is 17.3. The van der Waals surface area contributed by atoms with E-state index < -0.39 is 5.82 Å². The van der Waals surface area contributed by atoms with E-state index in [9.17, 15) is 9.18 Å². The molecular weight excluding hydrogens is 345 g/mol. The summed E-state index contributed by atoms with van der Waals surface area (Å²) in [7, 11) is 0. The molecule has 0 aliphatic heterocycles. The molecule has 7 heteroatoms. The maximum atomic E-state index is 14.2. The van der Waals surface area contributed by atoms with Crippen LogP contribution < -0.4 is 5.56 Å². The van der Waals surface area contributed by atoms with Crippen molar-refractivity contribution >= 4 is 22.2 Å². The molecule has 4 rings (SSSR count). The molecule has 6 nitrogen and oxygen atoms in total. The van der Waals surface area contributed by atoms with Gasteiger partial charge in [-0.3, -0.25) is 4.79 Å². The lowest BCUT2D eigenvalue weighted by Gasteiger charge is -2.13. The molecule has 0 spiro atoms. The first-order chi connectivity index (χ1) is 13.1. The summed E-state index contributed by atoms with van der Waals surface area (Å²) in [6, 6.07) is 6.31. The lowest BCUT2D eigenvalue weighted by Crippen LogP contribution is -2.13. The molecule has 27 heavy (non-hydrogen) atoms. The molecule has 0 saturated heterocycles. The summed E-state index contributed by atoms with van der Waals surface area (Å²) in [5.74, 6) is 0.880. The largest absolute Gasteiger partial charge is 0.319 e. The minimum Gasteiger partial charge on any atom is -0.319 e. The molecule has 0 bridgehead atoms. The van der Waals surface area contributed by atoms with Crippen LogP contribution in [0.2, 0.25) is 0 Å². The molecule has 1 atom stereocenters. The Kier molecular flexibility index (Phi) is 4.43. The van der Waals surface area contributed by atoms with Gasteiger partial charge in [0, 0.05) is 30.3 Å². The maximum absolute atomic E-state index is 14.2. The van der Waals surface area contributed by atoms with Gasteiger partial charge in [-0.05, 0) is 17.5 Å². The number of aromatic nitrogens is 5. The molecule has 0 fully saturated rings. The summed E-state index contributed by atoms with van der Waals surface area (Å²) < 4.78 is 16.1. The predicted molar refractivity (Wildman–Crippen MR) is 102 cm³/mol. The molecular formula is C20H20FN5O. The van der Waals surface area contributed by atoms with E-state index in [0.717, 1.165) is 24.2 Å². The van der Waals surface area contributed by atoms with E-state index in [1.165, 1.54) is 12.1 Å². The lowest BCUT2D eigenvalue weighted by molar-refractivity contribution is 0.529. The van der Waals surface area contributed by atoms with Gasteiger partial charge in [0.1, 0.15) is 11.6 Å². The SMILES string of the molecule is CCC(C)Cc1nc2nccnc2n1Cc1cc(=O)[nH]c2c(F)cccc12. The molecule has 0 aliphatic rings. The Balaban J connectivity index is 1.89. The number of nitrogens with one attached hydrogen (secondary N) is 1. The van der Waals surface area contributed by atoms with Crippen LogP contribution in [0.5, 0.6) is 0 Å². The van der Waals surface area contributed by atoms with Crippen molar-refractivity contribution in [1.82, 2.24) is 24.5 Å². The summed E-state index contributed by atoms with van der Waals surface area (Å²) in [6.45, 7) is 4.69. The van der Waals surface area contributed by atoms with E-state index in [-0.39, 0.29) is 11.1 Å². The fraction of sp³-hybridized carbons (Fsp3) is 0.300. The van der Waals surface area contributed by atoms with Crippen LogP contribution in [-0.4, -0.2) is 24.5 Å². The number of hydrogen-bond acceptors (Lipinski definition) is 4. The van der Waals surface area contributed by atoms with Gasteiger partial charge >= 0.3 is 0 Å². The first-order valence-corrected chi connectivity index (χ1v) is 9.03. The average Bonchev–Trinajstić information content (AvgIpc) is 2.99. The monoisotopic (exact) mass is 365 g/mol. The molecule has 1 unspecified atom stereocenters. The Hall–Kier alpha value is -3.09. The van der Waals surface area contributed by atoms with Crippen molar-refractivity contribution in [2.75, 3.05) is 0 Å². The molecule has 138 valence electrons. The molecule has 1 aromatic carbocycles. The summed E-state index contributed by atoms with van der Waals surface area (Å²) >= 11 is 0. The van der Waals surface area contributed by atoms with Crippen LogP contribution >= 0.6 is 0 Å². The van der Waals surface area contributed by atoms with E-state index in [2.05, 4.69) is 33.8 Å². The van der Waals surface area contributed by atoms with Crippen LogP contribution in [-0.2, 0) is 13.0 Å². The van der Waals surface area contributed by atoms with Crippen molar-refractivity contribution in [3.05, 3.63) is 64.2 Å². The molecule has 4 aromatic rings. The number of rotatable bonds is 5. The van der Waals surface area contributed by atoms with Gasteiger partial charge < -0.3 is 9.55 Å². The van der Waals surface area contributed by atoms with Crippen LogP contribution in [0.15, 0.2) is 41.5 Å². The number of nitrogens with zero attached hydrogens (tertiary/aromatic N) is 4. The molecule has 0 aliphatic carbocycles. The summed E-state index contributed by atoms with van der Waals surface area (Å²) in [4.78, 5) is 28.1. The number of benzene rings is 1. The molecule has 0 amide bonds. The fourth-order valence-electron chi connectivity index (χ4n) is 3.29. The molecule has 3 aromatic heterocycles. The number of pyridine rings is 1. The van der Waals surface area contributed by atoms with E-state index in [4.69, 9.17) is 0 Å². The number of imidazole rings is 1. The van der Waals surface area contributed by atoms with Crippen molar-refractivity contribution in [2.45, 2.75) is 33.2 Å². The topological polar surface area (TPSA) is 76.5 Å². The number of hydrogen-bond donors (Lipinski definition) is 1. The van der Waals surface area contributed by atoms with Gasteiger partial charge in [0.25, 0.3) is 0 Å². The van der Waals surface area contributed by atoms with Gasteiger partial charge in [-0.1, -0.05) is 32.4 Å².